The first-order valence-corrected chi connectivity index (χ1v) is 7.88. The maximum Gasteiger partial charge on any atom is 0.239 e. The molecule has 0 aromatic rings. The van der Waals surface area contributed by atoms with Crippen LogP contribution < -0.4 is 5.32 Å². The number of nitrogens with zero attached hydrogens (tertiary/aromatic N) is 2. The minimum atomic E-state index is 0.141. The molecule has 4 heteroatoms. The van der Waals surface area contributed by atoms with Gasteiger partial charge in [-0.25, -0.2) is 0 Å². The van der Waals surface area contributed by atoms with Crippen LogP contribution in [-0.4, -0.2) is 60.5 Å². The van der Waals surface area contributed by atoms with E-state index >= 15 is 0 Å². The van der Waals surface area contributed by atoms with E-state index in [4.69, 9.17) is 0 Å². The van der Waals surface area contributed by atoms with Gasteiger partial charge in [-0.1, -0.05) is 6.92 Å². The molecule has 0 spiro atoms. The van der Waals surface area contributed by atoms with Crippen LogP contribution in [0, 0.1) is 0 Å². The lowest BCUT2D eigenvalue weighted by Crippen LogP contribution is -2.52. The second-order valence-electron chi connectivity index (χ2n) is 6.08. The van der Waals surface area contributed by atoms with Gasteiger partial charge in [0.1, 0.15) is 0 Å². The summed E-state index contributed by atoms with van der Waals surface area (Å²) in [5, 5.41) is 3.41. The van der Waals surface area contributed by atoms with Gasteiger partial charge in [0.15, 0.2) is 0 Å². The fourth-order valence-electron chi connectivity index (χ4n) is 3.36. The summed E-state index contributed by atoms with van der Waals surface area (Å²) in [6.45, 7) is 7.59. The Morgan fingerprint density at radius 3 is 2.68 bits per heavy atom. The van der Waals surface area contributed by atoms with Crippen LogP contribution in [0.5, 0.6) is 0 Å². The number of rotatable bonds is 4. The maximum atomic E-state index is 12.7. The highest BCUT2D eigenvalue weighted by Crippen LogP contribution is 2.26. The smallest absolute Gasteiger partial charge is 0.239 e. The van der Waals surface area contributed by atoms with Gasteiger partial charge in [-0.15, -0.1) is 0 Å². The monoisotopic (exact) mass is 267 g/mol. The Hall–Kier alpha value is -0.610. The molecule has 2 aliphatic heterocycles. The van der Waals surface area contributed by atoms with Gasteiger partial charge in [0.25, 0.3) is 0 Å². The third kappa shape index (κ3) is 3.29. The highest BCUT2D eigenvalue weighted by atomic mass is 16.2. The number of hydrogen-bond acceptors (Lipinski definition) is 3. The standard InChI is InChI=1S/C15H29N3O/c1-4-12(2)17(3)15(19)14-6-5-11-18(14)13-7-9-16-10-8-13/h12-14,16H,4-11H2,1-3H3. The number of piperidine rings is 1. The van der Waals surface area contributed by atoms with Crippen molar-refractivity contribution in [3.8, 4) is 0 Å². The summed E-state index contributed by atoms with van der Waals surface area (Å²) in [5.74, 6) is 0.338. The number of likely N-dealkylation sites (tertiary alicyclic amines) is 1. The van der Waals surface area contributed by atoms with Crippen LogP contribution in [0.3, 0.4) is 0 Å². The van der Waals surface area contributed by atoms with Crippen LogP contribution in [0.1, 0.15) is 46.0 Å². The lowest BCUT2D eigenvalue weighted by molar-refractivity contribution is -0.137. The highest BCUT2D eigenvalue weighted by molar-refractivity contribution is 5.82. The summed E-state index contributed by atoms with van der Waals surface area (Å²) in [6.07, 6.45) is 5.63. The first-order valence-electron chi connectivity index (χ1n) is 7.88. The Labute approximate surface area is 117 Å². The van der Waals surface area contributed by atoms with Crippen LogP contribution in [0.25, 0.3) is 0 Å². The molecule has 1 N–H and O–H groups in total. The summed E-state index contributed by atoms with van der Waals surface area (Å²) in [7, 11) is 1.97. The molecule has 0 aromatic carbocycles. The molecule has 0 aliphatic carbocycles. The summed E-state index contributed by atoms with van der Waals surface area (Å²) in [5.41, 5.74) is 0. The van der Waals surface area contributed by atoms with Crippen LogP contribution in [-0.2, 0) is 4.79 Å². The van der Waals surface area contributed by atoms with Gasteiger partial charge in [0.2, 0.25) is 5.91 Å². The lowest BCUT2D eigenvalue weighted by atomic mass is 10.0. The fourth-order valence-corrected chi connectivity index (χ4v) is 3.36. The molecular weight excluding hydrogens is 238 g/mol. The van der Waals surface area contributed by atoms with E-state index in [0.29, 0.717) is 18.0 Å². The quantitative estimate of drug-likeness (QED) is 0.837. The van der Waals surface area contributed by atoms with Gasteiger partial charge in [-0.2, -0.15) is 0 Å². The van der Waals surface area contributed by atoms with Crippen LogP contribution in [0.4, 0.5) is 0 Å². The zero-order valence-electron chi connectivity index (χ0n) is 12.7. The zero-order valence-corrected chi connectivity index (χ0v) is 12.7. The van der Waals surface area contributed by atoms with Crippen molar-refractivity contribution in [1.82, 2.24) is 15.1 Å². The Bertz CT molecular complexity index is 302. The number of nitrogens with one attached hydrogen (secondary N) is 1. The highest BCUT2D eigenvalue weighted by Gasteiger charge is 2.37. The maximum absolute atomic E-state index is 12.7. The van der Waals surface area contributed by atoms with Crippen molar-refractivity contribution in [2.75, 3.05) is 26.7 Å². The van der Waals surface area contributed by atoms with E-state index < -0.39 is 0 Å². The molecule has 2 saturated heterocycles. The average Bonchev–Trinajstić information content (AvgIpc) is 2.95. The molecule has 2 fully saturated rings. The molecule has 0 radical (unpaired) electrons. The van der Waals surface area contributed by atoms with E-state index in [-0.39, 0.29) is 6.04 Å². The van der Waals surface area contributed by atoms with Gasteiger partial charge in [-0.3, -0.25) is 9.69 Å². The number of amides is 1. The molecule has 0 aromatic heterocycles. The molecule has 2 rings (SSSR count). The Morgan fingerprint density at radius 1 is 1.37 bits per heavy atom. The Balaban J connectivity index is 1.99. The summed E-state index contributed by atoms with van der Waals surface area (Å²) < 4.78 is 0. The molecular formula is C15H29N3O. The molecule has 110 valence electrons. The predicted octanol–water partition coefficient (Wildman–Crippen LogP) is 1.46. The van der Waals surface area contributed by atoms with E-state index in [2.05, 4.69) is 24.1 Å². The summed E-state index contributed by atoms with van der Waals surface area (Å²) in [4.78, 5) is 17.1. The second kappa shape index (κ2) is 6.71. The SMILES string of the molecule is CCC(C)N(C)C(=O)C1CCCN1C1CCNCC1. The van der Waals surface area contributed by atoms with Crippen LogP contribution >= 0.6 is 0 Å². The first-order chi connectivity index (χ1) is 9.15. The topological polar surface area (TPSA) is 35.6 Å². The molecule has 19 heavy (non-hydrogen) atoms. The van der Waals surface area contributed by atoms with E-state index in [0.717, 1.165) is 32.5 Å². The molecule has 2 unspecified atom stereocenters. The van der Waals surface area contributed by atoms with Gasteiger partial charge < -0.3 is 10.2 Å². The zero-order chi connectivity index (χ0) is 13.8. The Kier molecular flexibility index (Phi) is 5.22. The van der Waals surface area contributed by atoms with E-state index in [9.17, 15) is 4.79 Å². The van der Waals surface area contributed by atoms with Crippen molar-refractivity contribution >= 4 is 5.91 Å². The average molecular weight is 267 g/mol. The third-order valence-electron chi connectivity index (χ3n) is 4.96. The van der Waals surface area contributed by atoms with Crippen LogP contribution in [0.2, 0.25) is 0 Å². The number of likely N-dealkylation sites (N-methyl/N-ethyl adjacent to an activating group) is 1. The minimum absolute atomic E-state index is 0.141. The van der Waals surface area contributed by atoms with Crippen molar-refractivity contribution in [2.24, 2.45) is 0 Å². The molecule has 4 nitrogen and oxygen atoms in total. The molecule has 0 bridgehead atoms. The predicted molar refractivity (Wildman–Crippen MR) is 78.1 cm³/mol. The number of hydrogen-bond donors (Lipinski definition) is 1. The van der Waals surface area contributed by atoms with E-state index in [1.54, 1.807) is 0 Å². The first kappa shape index (κ1) is 14.8. The number of carbonyl (C=O) groups excluding carboxylic acids is 1. The summed E-state index contributed by atoms with van der Waals surface area (Å²) >= 11 is 0. The fraction of sp³-hybridized carbons (Fsp3) is 0.933. The lowest BCUT2D eigenvalue weighted by Gasteiger charge is -2.37. The van der Waals surface area contributed by atoms with Gasteiger partial charge >= 0.3 is 0 Å². The minimum Gasteiger partial charge on any atom is -0.342 e. The normalized spacial score (nSPS) is 27.4. The van der Waals surface area contributed by atoms with Gasteiger partial charge in [0.05, 0.1) is 6.04 Å². The largest absolute Gasteiger partial charge is 0.342 e. The Morgan fingerprint density at radius 2 is 2.05 bits per heavy atom. The van der Waals surface area contributed by atoms with Crippen molar-refractivity contribution in [2.45, 2.75) is 64.1 Å². The second-order valence-corrected chi connectivity index (χ2v) is 6.08. The van der Waals surface area contributed by atoms with Crippen molar-refractivity contribution in [3.63, 3.8) is 0 Å². The molecule has 0 saturated carbocycles. The number of carbonyl (C=O) groups is 1. The molecule has 2 aliphatic rings. The van der Waals surface area contributed by atoms with Gasteiger partial charge in [-0.05, 0) is 58.7 Å². The molecule has 1 amide bonds. The van der Waals surface area contributed by atoms with Crippen molar-refractivity contribution in [1.29, 1.82) is 0 Å². The van der Waals surface area contributed by atoms with E-state index in [1.807, 2.05) is 11.9 Å². The summed E-state index contributed by atoms with van der Waals surface area (Å²) in [6, 6.07) is 1.10. The molecule has 2 atom stereocenters. The third-order valence-corrected chi connectivity index (χ3v) is 4.96. The van der Waals surface area contributed by atoms with Crippen molar-refractivity contribution in [3.05, 3.63) is 0 Å². The van der Waals surface area contributed by atoms with E-state index in [1.165, 1.54) is 19.3 Å². The van der Waals surface area contributed by atoms with Crippen LogP contribution in [0.15, 0.2) is 0 Å². The van der Waals surface area contributed by atoms with Crippen molar-refractivity contribution < 1.29 is 4.79 Å². The molecule has 2 heterocycles. The van der Waals surface area contributed by atoms with Gasteiger partial charge in [0, 0.05) is 19.1 Å².